The molecule has 0 amide bonds. The number of aliphatic hydroxyl groups is 1. The van der Waals surface area contributed by atoms with Gasteiger partial charge in [-0.05, 0) is 25.8 Å². The first-order chi connectivity index (χ1) is 7.69. The minimum Gasteiger partial charge on any atom is -0.490 e. The van der Waals surface area contributed by atoms with Gasteiger partial charge in [-0.2, -0.15) is 0 Å². The molecule has 0 fully saturated rings. The zero-order chi connectivity index (χ0) is 12.0. The van der Waals surface area contributed by atoms with Gasteiger partial charge in [-0.1, -0.05) is 38.5 Å². The van der Waals surface area contributed by atoms with Crippen LogP contribution in [0.3, 0.4) is 0 Å². The zero-order valence-electron chi connectivity index (χ0n) is 10.4. The maximum absolute atomic E-state index is 9.87. The Morgan fingerprint density at radius 3 is 2.56 bits per heavy atom. The molecule has 0 aromatic heterocycles. The van der Waals surface area contributed by atoms with Crippen molar-refractivity contribution in [3.05, 3.63) is 29.8 Å². The molecular weight excluding hydrogens is 200 g/mol. The summed E-state index contributed by atoms with van der Waals surface area (Å²) in [6, 6.07) is 7.74. The maximum atomic E-state index is 9.87. The van der Waals surface area contributed by atoms with Crippen LogP contribution >= 0.6 is 0 Å². The van der Waals surface area contributed by atoms with E-state index in [2.05, 4.69) is 13.8 Å². The minimum atomic E-state index is -0.426. The fraction of sp³-hybridized carbons (Fsp3) is 0.571. The molecule has 1 N–H and O–H groups in total. The number of aliphatic hydroxyl groups excluding tert-OH is 1. The smallest absolute Gasteiger partial charge is 0.125 e. The van der Waals surface area contributed by atoms with Crippen LogP contribution in [0.4, 0.5) is 0 Å². The van der Waals surface area contributed by atoms with Crippen molar-refractivity contribution in [1.29, 1.82) is 0 Å². The lowest BCUT2D eigenvalue weighted by atomic mass is 10.1. The summed E-state index contributed by atoms with van der Waals surface area (Å²) in [6.07, 6.45) is 2.64. The van der Waals surface area contributed by atoms with Gasteiger partial charge in [-0.15, -0.1) is 0 Å². The largest absolute Gasteiger partial charge is 0.490 e. The molecular formula is C14H22O2. The lowest BCUT2D eigenvalue weighted by Gasteiger charge is -2.19. The van der Waals surface area contributed by atoms with Crippen LogP contribution in [0.2, 0.25) is 0 Å². The normalized spacial score (nSPS) is 14.5. The molecule has 0 saturated heterocycles. The van der Waals surface area contributed by atoms with Gasteiger partial charge in [0.05, 0.1) is 12.2 Å². The molecule has 16 heavy (non-hydrogen) atoms. The Kier molecular flexibility index (Phi) is 5.33. The summed E-state index contributed by atoms with van der Waals surface area (Å²) in [4.78, 5) is 0. The summed E-state index contributed by atoms with van der Waals surface area (Å²) in [5, 5.41) is 9.87. The van der Waals surface area contributed by atoms with Crippen molar-refractivity contribution < 1.29 is 9.84 Å². The highest BCUT2D eigenvalue weighted by molar-refractivity contribution is 5.35. The maximum Gasteiger partial charge on any atom is 0.125 e. The van der Waals surface area contributed by atoms with E-state index in [1.165, 1.54) is 0 Å². The van der Waals surface area contributed by atoms with Crippen LogP contribution < -0.4 is 4.74 Å². The van der Waals surface area contributed by atoms with E-state index in [1.54, 1.807) is 0 Å². The van der Waals surface area contributed by atoms with E-state index in [4.69, 9.17) is 4.74 Å². The lowest BCUT2D eigenvalue weighted by Crippen LogP contribution is -2.13. The molecule has 0 aliphatic carbocycles. The third kappa shape index (κ3) is 3.53. The Morgan fingerprint density at radius 1 is 1.25 bits per heavy atom. The molecule has 2 atom stereocenters. The Morgan fingerprint density at radius 2 is 1.94 bits per heavy atom. The fourth-order valence-corrected chi connectivity index (χ4v) is 1.77. The van der Waals surface area contributed by atoms with Crippen LogP contribution in [-0.2, 0) is 0 Å². The highest BCUT2D eigenvalue weighted by Crippen LogP contribution is 2.28. The molecule has 1 rings (SSSR count). The van der Waals surface area contributed by atoms with Crippen molar-refractivity contribution >= 4 is 0 Å². The predicted molar refractivity (Wildman–Crippen MR) is 66.7 cm³/mol. The molecule has 90 valence electrons. The Balaban J connectivity index is 2.78. The molecule has 0 radical (unpaired) electrons. The molecule has 2 nitrogen and oxygen atoms in total. The van der Waals surface area contributed by atoms with Crippen LogP contribution in [0.25, 0.3) is 0 Å². The summed E-state index contributed by atoms with van der Waals surface area (Å²) in [5.74, 6) is 0.817. The summed E-state index contributed by atoms with van der Waals surface area (Å²) in [5.41, 5.74) is 0.896. The molecule has 2 unspecified atom stereocenters. The van der Waals surface area contributed by atoms with Gasteiger partial charge in [-0.25, -0.2) is 0 Å². The van der Waals surface area contributed by atoms with E-state index in [1.807, 2.05) is 31.2 Å². The second-order valence-corrected chi connectivity index (χ2v) is 4.18. The van der Waals surface area contributed by atoms with E-state index in [0.29, 0.717) is 6.42 Å². The first-order valence-corrected chi connectivity index (χ1v) is 6.12. The van der Waals surface area contributed by atoms with Gasteiger partial charge in [0.25, 0.3) is 0 Å². The SMILES string of the molecule is CCCC(C)Oc1ccccc1C(O)CC. The van der Waals surface area contributed by atoms with Gasteiger partial charge in [0, 0.05) is 5.56 Å². The van der Waals surface area contributed by atoms with Crippen molar-refractivity contribution in [2.24, 2.45) is 0 Å². The fourth-order valence-electron chi connectivity index (χ4n) is 1.77. The third-order valence-electron chi connectivity index (χ3n) is 2.69. The molecule has 2 heteroatoms. The molecule has 1 aromatic carbocycles. The molecule has 1 aromatic rings. The number of benzene rings is 1. The first-order valence-electron chi connectivity index (χ1n) is 6.12. The minimum absolute atomic E-state index is 0.204. The van der Waals surface area contributed by atoms with E-state index in [9.17, 15) is 5.11 Å². The molecule has 0 spiro atoms. The van der Waals surface area contributed by atoms with Crippen molar-refractivity contribution in [3.63, 3.8) is 0 Å². The third-order valence-corrected chi connectivity index (χ3v) is 2.69. The number of hydrogen-bond acceptors (Lipinski definition) is 2. The van der Waals surface area contributed by atoms with Crippen LogP contribution in [0.5, 0.6) is 5.75 Å². The molecule has 0 heterocycles. The lowest BCUT2D eigenvalue weighted by molar-refractivity contribution is 0.157. The van der Waals surface area contributed by atoms with Gasteiger partial charge in [-0.3, -0.25) is 0 Å². The van der Waals surface area contributed by atoms with E-state index >= 15 is 0 Å². The quantitative estimate of drug-likeness (QED) is 0.795. The predicted octanol–water partition coefficient (Wildman–Crippen LogP) is 3.70. The molecule has 0 aliphatic heterocycles. The standard InChI is InChI=1S/C14H22O2/c1-4-8-11(3)16-14-10-7-6-9-12(14)13(15)5-2/h6-7,9-11,13,15H,4-5,8H2,1-3H3. The number of hydrogen-bond donors (Lipinski definition) is 1. The summed E-state index contributed by atoms with van der Waals surface area (Å²) < 4.78 is 5.85. The van der Waals surface area contributed by atoms with Gasteiger partial charge < -0.3 is 9.84 Å². The molecule has 0 bridgehead atoms. The topological polar surface area (TPSA) is 29.5 Å². The van der Waals surface area contributed by atoms with Crippen LogP contribution in [0.1, 0.15) is 51.7 Å². The van der Waals surface area contributed by atoms with Gasteiger partial charge in [0.1, 0.15) is 5.75 Å². The van der Waals surface area contributed by atoms with Crippen LogP contribution in [-0.4, -0.2) is 11.2 Å². The Hall–Kier alpha value is -1.02. The average Bonchev–Trinajstić information content (AvgIpc) is 2.29. The number of ether oxygens (including phenoxy) is 1. The van der Waals surface area contributed by atoms with E-state index in [-0.39, 0.29) is 6.10 Å². The van der Waals surface area contributed by atoms with Gasteiger partial charge in [0.15, 0.2) is 0 Å². The average molecular weight is 222 g/mol. The van der Waals surface area contributed by atoms with Crippen LogP contribution in [0, 0.1) is 0 Å². The molecule has 0 saturated carbocycles. The van der Waals surface area contributed by atoms with Gasteiger partial charge >= 0.3 is 0 Å². The van der Waals surface area contributed by atoms with E-state index < -0.39 is 6.10 Å². The Labute approximate surface area is 98.3 Å². The number of rotatable bonds is 6. The van der Waals surface area contributed by atoms with Crippen molar-refractivity contribution in [2.75, 3.05) is 0 Å². The first kappa shape index (κ1) is 13.0. The van der Waals surface area contributed by atoms with Crippen molar-refractivity contribution in [1.82, 2.24) is 0 Å². The van der Waals surface area contributed by atoms with Gasteiger partial charge in [0.2, 0.25) is 0 Å². The monoisotopic (exact) mass is 222 g/mol. The van der Waals surface area contributed by atoms with E-state index in [0.717, 1.165) is 24.2 Å². The van der Waals surface area contributed by atoms with Crippen LogP contribution in [0.15, 0.2) is 24.3 Å². The second-order valence-electron chi connectivity index (χ2n) is 4.18. The van der Waals surface area contributed by atoms with Crippen molar-refractivity contribution in [2.45, 2.75) is 52.2 Å². The molecule has 0 aliphatic rings. The summed E-state index contributed by atoms with van der Waals surface area (Å²) >= 11 is 0. The highest BCUT2D eigenvalue weighted by Gasteiger charge is 2.12. The zero-order valence-corrected chi connectivity index (χ0v) is 10.4. The number of para-hydroxylation sites is 1. The van der Waals surface area contributed by atoms with Crippen molar-refractivity contribution in [3.8, 4) is 5.75 Å². The second kappa shape index (κ2) is 6.54. The summed E-state index contributed by atoms with van der Waals surface area (Å²) in [6.45, 7) is 6.18. The Bertz CT molecular complexity index is 309. The summed E-state index contributed by atoms with van der Waals surface area (Å²) in [7, 11) is 0. The highest BCUT2D eigenvalue weighted by atomic mass is 16.5.